The molecule has 0 radical (unpaired) electrons. The highest BCUT2D eigenvalue weighted by Crippen LogP contribution is 2.25. The molecule has 1 rings (SSSR count). The Morgan fingerprint density at radius 1 is 1.50 bits per heavy atom. The minimum Gasteiger partial charge on any atom is -0.598 e. The molecule has 5 heteroatoms. The molecule has 118 valence electrons. The van der Waals surface area contributed by atoms with Crippen LogP contribution in [0.5, 0.6) is 0 Å². The van der Waals surface area contributed by atoms with Crippen LogP contribution in [0.1, 0.15) is 53.4 Å². The van der Waals surface area contributed by atoms with Gasteiger partial charge in [0.1, 0.15) is 23.6 Å². The summed E-state index contributed by atoms with van der Waals surface area (Å²) in [5, 5.41) is 0. The molecule has 0 aromatic rings. The molecule has 3 atom stereocenters. The van der Waals surface area contributed by atoms with Crippen molar-refractivity contribution in [2.75, 3.05) is 6.67 Å². The minimum absolute atomic E-state index is 0.227. The smallest absolute Gasteiger partial charge is 0.139 e. The van der Waals surface area contributed by atoms with Crippen LogP contribution in [0.2, 0.25) is 0 Å². The van der Waals surface area contributed by atoms with E-state index in [9.17, 15) is 8.94 Å². The molecule has 0 fully saturated rings. The lowest BCUT2D eigenvalue weighted by Crippen LogP contribution is -2.52. The summed E-state index contributed by atoms with van der Waals surface area (Å²) >= 11 is -1.27. The fraction of sp³-hybridized carbons (Fsp3) is 0.867. The van der Waals surface area contributed by atoms with Crippen molar-refractivity contribution in [1.82, 2.24) is 4.72 Å². The fourth-order valence-electron chi connectivity index (χ4n) is 2.08. The van der Waals surface area contributed by atoms with Crippen molar-refractivity contribution >= 4 is 11.4 Å². The number of halogens is 1. The molecule has 0 aromatic carbocycles. The summed E-state index contributed by atoms with van der Waals surface area (Å²) in [6.07, 6.45) is 6.84. The molecule has 0 spiro atoms. The van der Waals surface area contributed by atoms with E-state index in [0.29, 0.717) is 5.92 Å². The first-order valence-corrected chi connectivity index (χ1v) is 8.56. The average molecular weight is 305 g/mol. The monoisotopic (exact) mass is 305 g/mol. The summed E-state index contributed by atoms with van der Waals surface area (Å²) < 4.78 is 33.7. The van der Waals surface area contributed by atoms with Crippen molar-refractivity contribution in [3.05, 3.63) is 12.3 Å². The number of hydrogen-bond donors (Lipinski definition) is 1. The molecule has 0 saturated carbocycles. The lowest BCUT2D eigenvalue weighted by molar-refractivity contribution is 0.0835. The van der Waals surface area contributed by atoms with Gasteiger partial charge in [-0.3, -0.25) is 0 Å². The first kappa shape index (κ1) is 17.8. The van der Waals surface area contributed by atoms with E-state index in [0.717, 1.165) is 25.7 Å². The van der Waals surface area contributed by atoms with Gasteiger partial charge < -0.3 is 9.29 Å². The average Bonchev–Trinajstić information content (AvgIpc) is 2.43. The maximum Gasteiger partial charge on any atom is 0.139 e. The molecule has 1 aliphatic rings. The number of ether oxygens (including phenoxy) is 1. The van der Waals surface area contributed by atoms with E-state index in [4.69, 9.17) is 4.74 Å². The predicted molar refractivity (Wildman–Crippen MR) is 82.4 cm³/mol. The second-order valence-electron chi connectivity index (χ2n) is 6.46. The van der Waals surface area contributed by atoms with Crippen molar-refractivity contribution in [2.24, 2.45) is 5.92 Å². The molecular formula is C15H28FNO2S. The SMILES string of the molecule is CC(C)CCC(C)(C)[S@@+]([O-])N[C@H](CF)C1CCC=CO1. The zero-order chi connectivity index (χ0) is 15.2. The van der Waals surface area contributed by atoms with E-state index < -0.39 is 24.1 Å². The molecule has 0 amide bonds. The summed E-state index contributed by atoms with van der Waals surface area (Å²) in [5.41, 5.74) is 0. The van der Waals surface area contributed by atoms with E-state index in [2.05, 4.69) is 18.6 Å². The van der Waals surface area contributed by atoms with Gasteiger partial charge in [-0.1, -0.05) is 13.8 Å². The van der Waals surface area contributed by atoms with Crippen LogP contribution in [-0.4, -0.2) is 28.1 Å². The van der Waals surface area contributed by atoms with Gasteiger partial charge in [-0.15, -0.1) is 4.72 Å². The number of nitrogens with one attached hydrogen (secondary N) is 1. The number of hydrogen-bond acceptors (Lipinski definition) is 3. The Kier molecular flexibility index (Phi) is 7.34. The highest BCUT2D eigenvalue weighted by Gasteiger charge is 2.36. The van der Waals surface area contributed by atoms with Crippen molar-refractivity contribution in [1.29, 1.82) is 0 Å². The summed E-state index contributed by atoms with van der Waals surface area (Å²) in [7, 11) is 0. The van der Waals surface area contributed by atoms with Crippen LogP contribution >= 0.6 is 0 Å². The van der Waals surface area contributed by atoms with E-state index in [1.54, 1.807) is 6.26 Å². The van der Waals surface area contributed by atoms with Crippen molar-refractivity contribution in [2.45, 2.75) is 70.3 Å². The lowest BCUT2D eigenvalue weighted by atomic mass is 10.0. The maximum atomic E-state index is 13.2. The van der Waals surface area contributed by atoms with Gasteiger partial charge in [0, 0.05) is 11.4 Å². The lowest BCUT2D eigenvalue weighted by Gasteiger charge is -2.33. The molecule has 1 heterocycles. The highest BCUT2D eigenvalue weighted by molar-refractivity contribution is 7.90. The van der Waals surface area contributed by atoms with Gasteiger partial charge in [0.15, 0.2) is 0 Å². The largest absolute Gasteiger partial charge is 0.598 e. The molecule has 0 saturated heterocycles. The molecule has 1 unspecified atom stereocenters. The Bertz CT molecular complexity index is 310. The van der Waals surface area contributed by atoms with Gasteiger partial charge in [-0.05, 0) is 51.5 Å². The number of rotatable bonds is 8. The Hall–Kier alpha value is -0.260. The molecule has 3 nitrogen and oxygen atoms in total. The topological polar surface area (TPSA) is 44.3 Å². The summed E-state index contributed by atoms with van der Waals surface area (Å²) in [6.45, 7) is 7.67. The van der Waals surface area contributed by atoms with Crippen LogP contribution in [0.15, 0.2) is 12.3 Å². The maximum absolute atomic E-state index is 13.2. The van der Waals surface area contributed by atoms with Crippen LogP contribution in [0, 0.1) is 5.92 Å². The van der Waals surface area contributed by atoms with Crippen LogP contribution in [0.25, 0.3) is 0 Å². The normalized spacial score (nSPS) is 22.6. The zero-order valence-corrected chi connectivity index (χ0v) is 13.8. The third-order valence-corrected chi connectivity index (χ3v) is 5.39. The Morgan fingerprint density at radius 2 is 2.20 bits per heavy atom. The second kappa shape index (κ2) is 8.25. The summed E-state index contributed by atoms with van der Waals surface area (Å²) in [6, 6.07) is -0.501. The van der Waals surface area contributed by atoms with Crippen LogP contribution < -0.4 is 4.72 Å². The van der Waals surface area contributed by atoms with E-state index in [-0.39, 0.29) is 10.9 Å². The van der Waals surface area contributed by atoms with E-state index in [1.165, 1.54) is 0 Å². The van der Waals surface area contributed by atoms with Crippen molar-refractivity contribution in [3.63, 3.8) is 0 Å². The fourth-order valence-corrected chi connectivity index (χ4v) is 3.19. The van der Waals surface area contributed by atoms with Gasteiger partial charge in [-0.2, -0.15) is 0 Å². The number of allylic oxidation sites excluding steroid dienone is 1. The molecule has 1 N–H and O–H groups in total. The summed E-state index contributed by atoms with van der Waals surface area (Å²) in [5.74, 6) is 0.579. The Labute approximate surface area is 125 Å². The highest BCUT2D eigenvalue weighted by atomic mass is 32.2. The van der Waals surface area contributed by atoms with Gasteiger partial charge in [0.25, 0.3) is 0 Å². The van der Waals surface area contributed by atoms with Gasteiger partial charge in [0.05, 0.1) is 6.26 Å². The first-order valence-electron chi connectivity index (χ1n) is 7.41. The van der Waals surface area contributed by atoms with E-state index in [1.807, 2.05) is 19.9 Å². The van der Waals surface area contributed by atoms with Gasteiger partial charge >= 0.3 is 0 Å². The second-order valence-corrected chi connectivity index (χ2v) is 8.34. The zero-order valence-electron chi connectivity index (χ0n) is 13.0. The first-order chi connectivity index (χ1) is 9.36. The minimum atomic E-state index is -1.27. The molecule has 1 aliphatic heterocycles. The Morgan fingerprint density at radius 3 is 2.70 bits per heavy atom. The molecule has 0 bridgehead atoms. The van der Waals surface area contributed by atoms with Crippen LogP contribution in [0.4, 0.5) is 4.39 Å². The predicted octanol–water partition coefficient (Wildman–Crippen LogP) is 3.49. The van der Waals surface area contributed by atoms with Crippen LogP contribution in [-0.2, 0) is 16.1 Å². The van der Waals surface area contributed by atoms with Gasteiger partial charge in [0.2, 0.25) is 0 Å². The Balaban J connectivity index is 2.52. The van der Waals surface area contributed by atoms with Crippen LogP contribution in [0.3, 0.4) is 0 Å². The van der Waals surface area contributed by atoms with Gasteiger partial charge in [-0.25, -0.2) is 4.39 Å². The standard InChI is InChI=1S/C15H28FNO2S/c1-12(2)8-9-15(3,4)20(18)17-13(11-16)14-7-5-6-10-19-14/h6,10,12-14,17H,5,7-9,11H2,1-4H3/t13-,14?,20-/m1/s1. The summed E-state index contributed by atoms with van der Waals surface area (Å²) in [4.78, 5) is 0. The molecule has 0 aromatic heterocycles. The van der Waals surface area contributed by atoms with E-state index >= 15 is 0 Å². The molecular weight excluding hydrogens is 277 g/mol. The molecule has 0 aliphatic carbocycles. The van der Waals surface area contributed by atoms with Crippen molar-refractivity contribution < 1.29 is 13.7 Å². The third-order valence-electron chi connectivity index (χ3n) is 3.67. The van der Waals surface area contributed by atoms with Crippen molar-refractivity contribution in [3.8, 4) is 0 Å². The molecule has 20 heavy (non-hydrogen) atoms. The number of alkyl halides is 1. The quantitative estimate of drug-likeness (QED) is 0.698. The third kappa shape index (κ3) is 5.62.